The van der Waals surface area contributed by atoms with Gasteiger partial charge in [0.1, 0.15) is 5.69 Å². The van der Waals surface area contributed by atoms with Crippen LogP contribution in [-0.2, 0) is 0 Å². The molecule has 0 saturated carbocycles. The lowest BCUT2D eigenvalue weighted by molar-refractivity contribution is 0.235. The molecule has 3 rings (SSSR count). The van der Waals surface area contributed by atoms with Gasteiger partial charge in [-0.1, -0.05) is 29.5 Å². The van der Waals surface area contributed by atoms with E-state index in [4.69, 9.17) is 0 Å². The maximum absolute atomic E-state index is 12.1. The molecule has 3 aromatic rings. The molecule has 7 heteroatoms. The molecule has 0 fully saturated rings. The fourth-order valence-corrected chi connectivity index (χ4v) is 3.03. The van der Waals surface area contributed by atoms with Crippen molar-refractivity contribution in [3.8, 4) is 5.69 Å². The van der Waals surface area contributed by atoms with E-state index in [-0.39, 0.29) is 18.1 Å². The second-order valence-corrected chi connectivity index (χ2v) is 6.48. The molecule has 2 unspecified atom stereocenters. The number of nitrogens with one attached hydrogen (secondary N) is 2. The summed E-state index contributed by atoms with van der Waals surface area (Å²) in [5.74, 6) is 0. The first-order valence-corrected chi connectivity index (χ1v) is 8.59. The van der Waals surface area contributed by atoms with Gasteiger partial charge in [-0.3, -0.25) is 0 Å². The summed E-state index contributed by atoms with van der Waals surface area (Å²) in [5, 5.41) is 16.1. The molecule has 2 aromatic heterocycles. The third-order valence-corrected chi connectivity index (χ3v) is 4.70. The smallest absolute Gasteiger partial charge is 0.315 e. The lowest BCUT2D eigenvalue weighted by Gasteiger charge is -2.16. The Morgan fingerprint density at radius 2 is 1.83 bits per heavy atom. The Morgan fingerprint density at radius 3 is 2.54 bits per heavy atom. The van der Waals surface area contributed by atoms with Gasteiger partial charge in [-0.2, -0.15) is 0 Å². The predicted molar refractivity (Wildman–Crippen MR) is 94.2 cm³/mol. The molecule has 0 aliphatic heterocycles. The molecular formula is C17H19N5OS. The minimum atomic E-state index is -0.238. The number of hydrogen-bond acceptors (Lipinski definition) is 4. The van der Waals surface area contributed by atoms with E-state index in [1.807, 2.05) is 67.9 Å². The SMILES string of the molecule is CC(NC(=O)NC(C)c1cccs1)c1cn(-c2ccccc2)nn1. The van der Waals surface area contributed by atoms with Gasteiger partial charge in [-0.25, -0.2) is 9.48 Å². The number of carbonyl (C=O) groups is 1. The molecule has 2 heterocycles. The number of amides is 2. The second-order valence-electron chi connectivity index (χ2n) is 5.50. The Morgan fingerprint density at radius 1 is 1.08 bits per heavy atom. The van der Waals surface area contributed by atoms with Gasteiger partial charge in [0.2, 0.25) is 0 Å². The van der Waals surface area contributed by atoms with E-state index in [9.17, 15) is 4.79 Å². The van der Waals surface area contributed by atoms with Crippen LogP contribution in [0.15, 0.2) is 54.0 Å². The Bertz CT molecular complexity index is 784. The lowest BCUT2D eigenvalue weighted by Crippen LogP contribution is -2.38. The molecule has 2 amide bonds. The average Bonchev–Trinajstić information content (AvgIpc) is 3.27. The van der Waals surface area contributed by atoms with Crippen LogP contribution in [0.1, 0.15) is 36.5 Å². The topological polar surface area (TPSA) is 71.8 Å². The van der Waals surface area contributed by atoms with Gasteiger partial charge in [0.05, 0.1) is 24.0 Å². The normalized spacial score (nSPS) is 13.2. The number of carbonyl (C=O) groups excluding carboxylic acids is 1. The number of rotatable bonds is 5. The summed E-state index contributed by atoms with van der Waals surface area (Å²) in [4.78, 5) is 13.3. The van der Waals surface area contributed by atoms with Crippen molar-refractivity contribution in [1.82, 2.24) is 25.6 Å². The number of aromatic nitrogens is 3. The number of benzene rings is 1. The van der Waals surface area contributed by atoms with Crippen molar-refractivity contribution >= 4 is 17.4 Å². The predicted octanol–water partition coefficient (Wildman–Crippen LogP) is 3.45. The number of hydrogen-bond donors (Lipinski definition) is 2. The summed E-state index contributed by atoms with van der Waals surface area (Å²) in [6, 6.07) is 13.2. The molecule has 124 valence electrons. The third kappa shape index (κ3) is 3.80. The quantitative estimate of drug-likeness (QED) is 0.746. The molecule has 0 bridgehead atoms. The van der Waals surface area contributed by atoms with Gasteiger partial charge in [-0.15, -0.1) is 16.4 Å². The van der Waals surface area contributed by atoms with Crippen LogP contribution in [-0.4, -0.2) is 21.0 Å². The van der Waals surface area contributed by atoms with Crippen LogP contribution in [0.4, 0.5) is 4.79 Å². The van der Waals surface area contributed by atoms with Gasteiger partial charge in [0.25, 0.3) is 0 Å². The number of urea groups is 1. The fraction of sp³-hybridized carbons (Fsp3) is 0.235. The summed E-state index contributed by atoms with van der Waals surface area (Å²) < 4.78 is 1.69. The van der Waals surface area contributed by atoms with Crippen LogP contribution < -0.4 is 10.6 Å². The van der Waals surface area contributed by atoms with Crippen molar-refractivity contribution < 1.29 is 4.79 Å². The number of thiophene rings is 1. The van der Waals surface area contributed by atoms with E-state index in [1.54, 1.807) is 16.0 Å². The molecule has 24 heavy (non-hydrogen) atoms. The highest BCUT2D eigenvalue weighted by Gasteiger charge is 2.16. The minimum Gasteiger partial charge on any atom is -0.331 e. The lowest BCUT2D eigenvalue weighted by atomic mass is 10.2. The van der Waals surface area contributed by atoms with Crippen LogP contribution in [0.2, 0.25) is 0 Å². The summed E-state index contributed by atoms with van der Waals surface area (Å²) in [6.07, 6.45) is 1.82. The average molecular weight is 341 g/mol. The highest BCUT2D eigenvalue weighted by Crippen LogP contribution is 2.18. The van der Waals surface area contributed by atoms with Crippen molar-refractivity contribution in [3.63, 3.8) is 0 Å². The molecule has 0 aliphatic rings. The maximum atomic E-state index is 12.1. The molecule has 2 N–H and O–H groups in total. The highest BCUT2D eigenvalue weighted by atomic mass is 32.1. The van der Waals surface area contributed by atoms with Crippen molar-refractivity contribution in [1.29, 1.82) is 0 Å². The van der Waals surface area contributed by atoms with Gasteiger partial charge in [0.15, 0.2) is 0 Å². The van der Waals surface area contributed by atoms with E-state index in [0.717, 1.165) is 10.6 Å². The van der Waals surface area contributed by atoms with Gasteiger partial charge < -0.3 is 10.6 Å². The summed E-state index contributed by atoms with van der Waals surface area (Å²) in [7, 11) is 0. The van der Waals surface area contributed by atoms with Gasteiger partial charge >= 0.3 is 6.03 Å². The molecule has 1 aromatic carbocycles. The van der Waals surface area contributed by atoms with Crippen LogP contribution >= 0.6 is 11.3 Å². The van der Waals surface area contributed by atoms with Crippen LogP contribution in [0.25, 0.3) is 5.69 Å². The van der Waals surface area contributed by atoms with Gasteiger partial charge in [-0.05, 0) is 37.4 Å². The van der Waals surface area contributed by atoms with E-state index in [0.29, 0.717) is 5.69 Å². The molecule has 0 spiro atoms. The van der Waals surface area contributed by atoms with Crippen molar-refractivity contribution in [2.45, 2.75) is 25.9 Å². The van der Waals surface area contributed by atoms with Crippen molar-refractivity contribution in [2.75, 3.05) is 0 Å². The van der Waals surface area contributed by atoms with E-state index in [2.05, 4.69) is 20.9 Å². The Balaban J connectivity index is 1.60. The standard InChI is InChI=1S/C17H19N5OS/c1-12(18-17(23)19-13(2)16-9-6-10-24-16)15-11-22(21-20-15)14-7-4-3-5-8-14/h3-13H,1-2H3,(H2,18,19,23). The zero-order chi connectivity index (χ0) is 16.9. The Kier molecular flexibility index (Phi) is 4.90. The number of para-hydroxylation sites is 1. The summed E-state index contributed by atoms with van der Waals surface area (Å²) in [5.41, 5.74) is 1.64. The first-order chi connectivity index (χ1) is 11.6. The zero-order valence-corrected chi connectivity index (χ0v) is 14.3. The van der Waals surface area contributed by atoms with E-state index < -0.39 is 0 Å². The van der Waals surface area contributed by atoms with Crippen LogP contribution in [0, 0.1) is 0 Å². The largest absolute Gasteiger partial charge is 0.331 e. The Hall–Kier alpha value is -2.67. The second kappa shape index (κ2) is 7.27. The Labute approximate surface area is 144 Å². The molecule has 6 nitrogen and oxygen atoms in total. The molecule has 2 atom stereocenters. The van der Waals surface area contributed by atoms with E-state index in [1.165, 1.54) is 0 Å². The van der Waals surface area contributed by atoms with Crippen LogP contribution in [0.3, 0.4) is 0 Å². The summed E-state index contributed by atoms with van der Waals surface area (Å²) in [6.45, 7) is 3.84. The zero-order valence-electron chi connectivity index (χ0n) is 13.5. The monoisotopic (exact) mass is 341 g/mol. The highest BCUT2D eigenvalue weighted by molar-refractivity contribution is 7.10. The maximum Gasteiger partial charge on any atom is 0.315 e. The van der Waals surface area contributed by atoms with E-state index >= 15 is 0 Å². The fourth-order valence-electron chi connectivity index (χ4n) is 2.30. The minimum absolute atomic E-state index is 0.0304. The molecule has 0 saturated heterocycles. The van der Waals surface area contributed by atoms with Crippen molar-refractivity contribution in [2.24, 2.45) is 0 Å². The molecular weight excluding hydrogens is 322 g/mol. The van der Waals surface area contributed by atoms with Crippen LogP contribution in [0.5, 0.6) is 0 Å². The third-order valence-electron chi connectivity index (χ3n) is 3.64. The van der Waals surface area contributed by atoms with Gasteiger partial charge in [0, 0.05) is 4.88 Å². The molecule has 0 radical (unpaired) electrons. The van der Waals surface area contributed by atoms with Crippen molar-refractivity contribution in [3.05, 3.63) is 64.6 Å². The number of nitrogens with zero attached hydrogens (tertiary/aromatic N) is 3. The summed E-state index contributed by atoms with van der Waals surface area (Å²) >= 11 is 1.62. The first kappa shape index (κ1) is 16.2. The first-order valence-electron chi connectivity index (χ1n) is 7.71. The molecule has 0 aliphatic carbocycles.